The summed E-state index contributed by atoms with van der Waals surface area (Å²) in [5.74, 6) is -0.955. The molecular formula is C31H24F3N3O3. The third-order valence-electron chi connectivity index (χ3n) is 6.51. The molecule has 202 valence electrons. The number of amides is 2. The smallest absolute Gasteiger partial charge is 0.383 e. The second-order valence-corrected chi connectivity index (χ2v) is 9.18. The van der Waals surface area contributed by atoms with Crippen molar-refractivity contribution < 1.29 is 27.9 Å². The molecule has 1 aliphatic heterocycles. The van der Waals surface area contributed by atoms with E-state index in [0.717, 1.165) is 23.4 Å². The van der Waals surface area contributed by atoms with Gasteiger partial charge >= 0.3 is 6.18 Å². The van der Waals surface area contributed by atoms with Gasteiger partial charge in [-0.15, -0.1) is 0 Å². The molecule has 3 N–H and O–H groups in total. The molecule has 0 radical (unpaired) electrons. The van der Waals surface area contributed by atoms with Crippen molar-refractivity contribution in [2.24, 2.45) is 0 Å². The number of allylic oxidation sites excluding steroid dienone is 2. The topological polar surface area (TPSA) is 83.4 Å². The summed E-state index contributed by atoms with van der Waals surface area (Å²) in [6.45, 7) is 0. The second-order valence-electron chi connectivity index (χ2n) is 9.18. The van der Waals surface area contributed by atoms with Crippen LogP contribution in [0.4, 0.5) is 24.5 Å². The number of aliphatic hydroxyl groups is 1. The van der Waals surface area contributed by atoms with Crippen LogP contribution in [0.25, 0.3) is 11.3 Å². The molecule has 0 saturated heterocycles. The van der Waals surface area contributed by atoms with Crippen LogP contribution >= 0.6 is 0 Å². The number of rotatable bonds is 6. The molecular weight excluding hydrogens is 519 g/mol. The Hall–Kier alpha value is -4.89. The zero-order valence-corrected chi connectivity index (χ0v) is 21.0. The average Bonchev–Trinajstić information content (AvgIpc) is 3.47. The van der Waals surface area contributed by atoms with Crippen LogP contribution in [0.1, 0.15) is 22.3 Å². The number of carbonyl (C=O) groups is 2. The van der Waals surface area contributed by atoms with Crippen molar-refractivity contribution in [1.82, 2.24) is 4.57 Å². The maximum Gasteiger partial charge on any atom is 0.416 e. The third kappa shape index (κ3) is 5.89. The minimum Gasteiger partial charge on any atom is -0.383 e. The number of anilines is 2. The van der Waals surface area contributed by atoms with Crippen molar-refractivity contribution in [3.05, 3.63) is 132 Å². The van der Waals surface area contributed by atoms with E-state index < -0.39 is 29.7 Å². The van der Waals surface area contributed by atoms with Crippen molar-refractivity contribution in [1.29, 1.82) is 0 Å². The molecule has 2 amide bonds. The molecule has 0 spiro atoms. The first-order chi connectivity index (χ1) is 19.2. The largest absolute Gasteiger partial charge is 0.416 e. The van der Waals surface area contributed by atoms with Crippen LogP contribution in [0.5, 0.6) is 0 Å². The van der Waals surface area contributed by atoms with E-state index in [2.05, 4.69) is 10.6 Å². The lowest BCUT2D eigenvalue weighted by Gasteiger charge is -2.23. The maximum absolute atomic E-state index is 13.1. The Kier molecular flexibility index (Phi) is 7.39. The molecule has 1 unspecified atom stereocenters. The summed E-state index contributed by atoms with van der Waals surface area (Å²) in [4.78, 5) is 24.5. The SMILES string of the molecule is O=C(C=CC=C(c1ccc(-n2cccc2)cc1)c1ccc(C(F)(F)F)cc1)Nc1cccc2c1CC(O)C(=O)N2. The molecule has 40 heavy (non-hydrogen) atoms. The quantitative estimate of drug-likeness (QED) is 0.207. The van der Waals surface area contributed by atoms with E-state index in [4.69, 9.17) is 0 Å². The molecule has 0 aliphatic carbocycles. The van der Waals surface area contributed by atoms with Gasteiger partial charge in [-0.3, -0.25) is 9.59 Å². The number of halogens is 3. The van der Waals surface area contributed by atoms with Crippen molar-refractivity contribution in [2.45, 2.75) is 18.7 Å². The number of carbonyl (C=O) groups excluding carboxylic acids is 2. The summed E-state index contributed by atoms with van der Waals surface area (Å²) in [6, 6.07) is 21.2. The van der Waals surface area contributed by atoms with Gasteiger partial charge in [-0.1, -0.05) is 42.5 Å². The number of nitrogens with zero attached hydrogens (tertiary/aromatic N) is 1. The summed E-state index contributed by atoms with van der Waals surface area (Å²) in [5.41, 5.74) is 3.68. The number of nitrogens with one attached hydrogen (secondary N) is 2. The van der Waals surface area contributed by atoms with Gasteiger partial charge in [-0.2, -0.15) is 13.2 Å². The van der Waals surface area contributed by atoms with Crippen LogP contribution < -0.4 is 10.6 Å². The highest BCUT2D eigenvalue weighted by atomic mass is 19.4. The monoisotopic (exact) mass is 543 g/mol. The van der Waals surface area contributed by atoms with Crippen LogP contribution in [0, 0.1) is 0 Å². The predicted molar refractivity (Wildman–Crippen MR) is 147 cm³/mol. The zero-order valence-electron chi connectivity index (χ0n) is 21.0. The number of aromatic nitrogens is 1. The van der Waals surface area contributed by atoms with E-state index in [0.29, 0.717) is 28.1 Å². The van der Waals surface area contributed by atoms with Crippen molar-refractivity contribution >= 4 is 28.8 Å². The van der Waals surface area contributed by atoms with Gasteiger partial charge in [0.1, 0.15) is 6.10 Å². The van der Waals surface area contributed by atoms with Crippen molar-refractivity contribution in [2.75, 3.05) is 10.6 Å². The number of alkyl halides is 3. The molecule has 0 fully saturated rings. The molecule has 2 heterocycles. The first-order valence-electron chi connectivity index (χ1n) is 12.4. The Morgan fingerprint density at radius 1 is 0.950 bits per heavy atom. The van der Waals surface area contributed by atoms with E-state index in [-0.39, 0.29) is 6.42 Å². The fraction of sp³-hybridized carbons (Fsp3) is 0.0968. The highest BCUT2D eigenvalue weighted by molar-refractivity contribution is 6.03. The highest BCUT2D eigenvalue weighted by Crippen LogP contribution is 2.32. The number of aliphatic hydroxyl groups excluding tert-OH is 1. The summed E-state index contributed by atoms with van der Waals surface area (Å²) >= 11 is 0. The fourth-order valence-corrected chi connectivity index (χ4v) is 4.47. The van der Waals surface area contributed by atoms with Gasteiger partial charge in [0, 0.05) is 47.5 Å². The normalized spacial score (nSPS) is 15.6. The van der Waals surface area contributed by atoms with Gasteiger partial charge in [0.2, 0.25) is 5.91 Å². The minimum absolute atomic E-state index is 0.0678. The van der Waals surface area contributed by atoms with Crippen LogP contribution in [0.15, 0.2) is 109 Å². The maximum atomic E-state index is 13.1. The lowest BCUT2D eigenvalue weighted by molar-refractivity contribution is -0.137. The van der Waals surface area contributed by atoms with Crippen molar-refractivity contribution in [3.63, 3.8) is 0 Å². The lowest BCUT2D eigenvalue weighted by Crippen LogP contribution is -2.34. The highest BCUT2D eigenvalue weighted by Gasteiger charge is 2.30. The number of hydrogen-bond acceptors (Lipinski definition) is 3. The van der Waals surface area contributed by atoms with Crippen molar-refractivity contribution in [3.8, 4) is 5.69 Å². The summed E-state index contributed by atoms with van der Waals surface area (Å²) in [7, 11) is 0. The fourth-order valence-electron chi connectivity index (χ4n) is 4.47. The number of benzene rings is 3. The van der Waals surface area contributed by atoms with Gasteiger partial charge < -0.3 is 20.3 Å². The van der Waals surface area contributed by atoms with E-state index in [9.17, 15) is 27.9 Å². The standard InChI is InChI=1S/C31H24F3N3O3/c32-31(33,34)22-13-9-20(10-14-22)24(21-11-15-23(16-12-21)37-17-1-2-18-37)5-3-8-29(39)35-26-6-4-7-27-25(26)19-28(38)30(40)36-27/h1-18,28,38H,19H2,(H,35,39)(H,36,40). The van der Waals surface area contributed by atoms with Gasteiger partial charge in [0.05, 0.1) is 5.56 Å². The minimum atomic E-state index is -4.45. The van der Waals surface area contributed by atoms with E-state index >= 15 is 0 Å². The molecule has 5 rings (SSSR count). The van der Waals surface area contributed by atoms with Gasteiger partial charge in [-0.05, 0) is 65.2 Å². The Morgan fingerprint density at radius 3 is 2.25 bits per heavy atom. The van der Waals surface area contributed by atoms with Crippen LogP contribution in [0.2, 0.25) is 0 Å². The molecule has 9 heteroatoms. The van der Waals surface area contributed by atoms with Gasteiger partial charge in [-0.25, -0.2) is 0 Å². The van der Waals surface area contributed by atoms with E-state index in [1.165, 1.54) is 24.3 Å². The number of hydrogen-bond donors (Lipinski definition) is 3. The Balaban J connectivity index is 1.41. The Labute approximate surface area is 228 Å². The molecule has 6 nitrogen and oxygen atoms in total. The number of fused-ring (bicyclic) bond motifs is 1. The van der Waals surface area contributed by atoms with Crippen LogP contribution in [-0.2, 0) is 22.2 Å². The lowest BCUT2D eigenvalue weighted by atomic mass is 9.96. The second kappa shape index (κ2) is 11.1. The third-order valence-corrected chi connectivity index (χ3v) is 6.51. The van der Waals surface area contributed by atoms with Crippen LogP contribution in [-0.4, -0.2) is 27.6 Å². The first kappa shape index (κ1) is 26.7. The Morgan fingerprint density at radius 2 is 1.60 bits per heavy atom. The first-order valence-corrected chi connectivity index (χ1v) is 12.4. The zero-order chi connectivity index (χ0) is 28.3. The summed E-state index contributed by atoms with van der Waals surface area (Å²) in [6.07, 6.45) is 2.70. The molecule has 1 aliphatic rings. The van der Waals surface area contributed by atoms with Gasteiger partial charge in [0.15, 0.2) is 0 Å². The molecule has 1 aromatic heterocycles. The predicted octanol–water partition coefficient (Wildman–Crippen LogP) is 5.98. The van der Waals surface area contributed by atoms with Crippen LogP contribution in [0.3, 0.4) is 0 Å². The molecule has 3 aromatic carbocycles. The summed E-state index contributed by atoms with van der Waals surface area (Å²) in [5, 5.41) is 15.3. The molecule has 1 atom stereocenters. The average molecular weight is 544 g/mol. The molecule has 0 saturated carbocycles. The van der Waals surface area contributed by atoms with Gasteiger partial charge in [0.25, 0.3) is 5.91 Å². The van der Waals surface area contributed by atoms with E-state index in [1.807, 2.05) is 53.4 Å². The molecule has 4 aromatic rings. The Bertz CT molecular complexity index is 1590. The summed E-state index contributed by atoms with van der Waals surface area (Å²) < 4.78 is 41.3. The molecule has 0 bridgehead atoms. The van der Waals surface area contributed by atoms with E-state index in [1.54, 1.807) is 24.3 Å².